The van der Waals surface area contributed by atoms with Gasteiger partial charge in [0.05, 0.1) is 18.0 Å². The maximum Gasteiger partial charge on any atom is 0.319 e. The first-order valence-electron chi connectivity index (χ1n) is 8.09. The predicted molar refractivity (Wildman–Crippen MR) is 100 cm³/mol. The summed E-state index contributed by atoms with van der Waals surface area (Å²) in [5.41, 5.74) is 1.67. The van der Waals surface area contributed by atoms with E-state index in [9.17, 15) is 4.79 Å². The van der Waals surface area contributed by atoms with E-state index >= 15 is 0 Å². The number of amides is 2. The predicted octanol–water partition coefficient (Wildman–Crippen LogP) is 3.83. The second-order valence-corrected chi connectivity index (χ2v) is 6.23. The highest BCUT2D eigenvalue weighted by Gasteiger charge is 2.04. The third-order valence-electron chi connectivity index (χ3n) is 3.46. The van der Waals surface area contributed by atoms with Crippen molar-refractivity contribution in [2.24, 2.45) is 0 Å². The van der Waals surface area contributed by atoms with Crippen molar-refractivity contribution in [3.05, 3.63) is 54.0 Å². The highest BCUT2D eigenvalue weighted by atomic mass is 32.1. The number of carbonyl (C=O) groups is 1. The van der Waals surface area contributed by atoms with Crippen molar-refractivity contribution in [3.63, 3.8) is 0 Å². The second-order valence-electron chi connectivity index (χ2n) is 5.28. The van der Waals surface area contributed by atoms with Crippen LogP contribution in [0.1, 0.15) is 6.92 Å². The number of hydrogen-bond donors (Lipinski definition) is 2. The summed E-state index contributed by atoms with van der Waals surface area (Å²) in [6.45, 7) is 3.66. The minimum absolute atomic E-state index is 0.241. The van der Waals surface area contributed by atoms with Crippen molar-refractivity contribution in [3.8, 4) is 16.3 Å². The Labute approximate surface area is 150 Å². The molecule has 6 nitrogen and oxygen atoms in total. The average Bonchev–Trinajstić information content (AvgIpc) is 3.28. The molecule has 0 radical (unpaired) electrons. The molecule has 2 aromatic heterocycles. The normalized spacial score (nSPS) is 10.4. The zero-order valence-corrected chi connectivity index (χ0v) is 14.8. The van der Waals surface area contributed by atoms with E-state index in [1.54, 1.807) is 11.3 Å². The molecule has 0 unspecified atom stereocenters. The molecule has 2 heterocycles. The first-order chi connectivity index (χ1) is 12.2. The summed E-state index contributed by atoms with van der Waals surface area (Å²) in [4.78, 5) is 13.1. The number of carbonyl (C=O) groups excluding carboxylic acids is 1. The zero-order valence-electron chi connectivity index (χ0n) is 13.9. The maximum absolute atomic E-state index is 11.9. The summed E-state index contributed by atoms with van der Waals surface area (Å²) in [5.74, 6) is 0.786. The molecule has 3 rings (SSSR count). The van der Waals surface area contributed by atoms with Gasteiger partial charge in [0, 0.05) is 18.4 Å². The van der Waals surface area contributed by atoms with Crippen LogP contribution >= 0.6 is 11.3 Å². The minimum atomic E-state index is -0.241. The lowest BCUT2D eigenvalue weighted by molar-refractivity contribution is 0.251. The van der Waals surface area contributed by atoms with Crippen LogP contribution in [0.15, 0.2) is 54.0 Å². The van der Waals surface area contributed by atoms with Crippen LogP contribution in [0.3, 0.4) is 0 Å². The summed E-state index contributed by atoms with van der Waals surface area (Å²) in [6, 6.07) is 13.1. The quantitative estimate of drug-likeness (QED) is 0.676. The lowest BCUT2D eigenvalue weighted by Crippen LogP contribution is -2.31. The molecule has 0 atom stereocenters. The van der Waals surface area contributed by atoms with Gasteiger partial charge in [0.25, 0.3) is 0 Å². The number of aromatic nitrogens is 2. The van der Waals surface area contributed by atoms with Crippen LogP contribution in [0.4, 0.5) is 10.5 Å². The van der Waals surface area contributed by atoms with E-state index in [0.29, 0.717) is 19.7 Å². The Morgan fingerprint density at radius 1 is 1.24 bits per heavy atom. The third kappa shape index (κ3) is 4.84. The van der Waals surface area contributed by atoms with Gasteiger partial charge in [0.1, 0.15) is 11.4 Å². The van der Waals surface area contributed by atoms with Crippen molar-refractivity contribution in [1.29, 1.82) is 0 Å². The Kier molecular flexibility index (Phi) is 5.69. The first-order valence-corrected chi connectivity index (χ1v) is 8.97. The summed E-state index contributed by atoms with van der Waals surface area (Å²) < 4.78 is 7.20. The van der Waals surface area contributed by atoms with E-state index in [2.05, 4.69) is 15.7 Å². The van der Waals surface area contributed by atoms with Crippen LogP contribution in [0.2, 0.25) is 0 Å². The highest BCUT2D eigenvalue weighted by molar-refractivity contribution is 7.13. The van der Waals surface area contributed by atoms with Gasteiger partial charge in [-0.25, -0.2) is 4.79 Å². The van der Waals surface area contributed by atoms with E-state index in [1.807, 2.05) is 65.6 Å². The molecule has 0 aliphatic rings. The molecule has 0 aliphatic carbocycles. The molecule has 0 saturated carbocycles. The third-order valence-corrected chi connectivity index (χ3v) is 4.36. The van der Waals surface area contributed by atoms with Crippen molar-refractivity contribution in [2.45, 2.75) is 13.5 Å². The number of nitrogens with zero attached hydrogens (tertiary/aromatic N) is 2. The Morgan fingerprint density at radius 3 is 2.80 bits per heavy atom. The van der Waals surface area contributed by atoms with Crippen LogP contribution < -0.4 is 15.4 Å². The summed E-state index contributed by atoms with van der Waals surface area (Å²) in [6.07, 6.45) is 1.92. The van der Waals surface area contributed by atoms with Gasteiger partial charge < -0.3 is 15.4 Å². The lowest BCUT2D eigenvalue weighted by Gasteiger charge is -2.09. The standard InChI is InChI=1S/C18H20N4O2S/c1-2-24-15-7-5-14(6-8-15)20-18(23)19-10-12-22-11-9-16(21-22)17-4-3-13-25-17/h3-9,11,13H,2,10,12H2,1H3,(H2,19,20,23). The number of benzene rings is 1. The molecule has 1 aromatic carbocycles. The number of urea groups is 1. The molecule has 2 N–H and O–H groups in total. The molecule has 2 amide bonds. The summed E-state index contributed by atoms with van der Waals surface area (Å²) in [5, 5.41) is 12.1. The van der Waals surface area contributed by atoms with E-state index in [1.165, 1.54) is 0 Å². The number of rotatable bonds is 7. The van der Waals surface area contributed by atoms with Gasteiger partial charge >= 0.3 is 6.03 Å². The molecule has 3 aromatic rings. The van der Waals surface area contributed by atoms with E-state index < -0.39 is 0 Å². The van der Waals surface area contributed by atoms with Gasteiger partial charge in [0.15, 0.2) is 0 Å². The average molecular weight is 356 g/mol. The lowest BCUT2D eigenvalue weighted by atomic mass is 10.3. The molecular weight excluding hydrogens is 336 g/mol. The van der Waals surface area contributed by atoms with E-state index in [-0.39, 0.29) is 6.03 Å². The SMILES string of the molecule is CCOc1ccc(NC(=O)NCCn2ccc(-c3cccs3)n2)cc1. The minimum Gasteiger partial charge on any atom is -0.494 e. The van der Waals surface area contributed by atoms with Crippen molar-refractivity contribution < 1.29 is 9.53 Å². The summed E-state index contributed by atoms with van der Waals surface area (Å²) >= 11 is 1.66. The molecule has 0 saturated heterocycles. The Hall–Kier alpha value is -2.80. The fraction of sp³-hybridized carbons (Fsp3) is 0.222. The first kappa shape index (κ1) is 17.0. The van der Waals surface area contributed by atoms with Gasteiger partial charge in [-0.1, -0.05) is 6.07 Å². The molecule has 0 aliphatic heterocycles. The number of anilines is 1. The largest absolute Gasteiger partial charge is 0.494 e. The number of thiophene rings is 1. The van der Waals surface area contributed by atoms with Crippen LogP contribution in [0.25, 0.3) is 10.6 Å². The zero-order chi connectivity index (χ0) is 17.5. The highest BCUT2D eigenvalue weighted by Crippen LogP contribution is 2.22. The van der Waals surface area contributed by atoms with E-state index in [0.717, 1.165) is 22.0 Å². The fourth-order valence-electron chi connectivity index (χ4n) is 2.30. The van der Waals surface area contributed by atoms with Gasteiger partial charge in [-0.2, -0.15) is 5.10 Å². The number of ether oxygens (including phenoxy) is 1. The van der Waals surface area contributed by atoms with Gasteiger partial charge in [0.2, 0.25) is 0 Å². The Balaban J connectivity index is 1.43. The second kappa shape index (κ2) is 8.34. The van der Waals surface area contributed by atoms with Gasteiger partial charge in [-0.05, 0) is 48.7 Å². The van der Waals surface area contributed by atoms with Gasteiger partial charge in [-0.15, -0.1) is 11.3 Å². The molecule has 0 fully saturated rings. The van der Waals surface area contributed by atoms with Crippen molar-refractivity contribution in [2.75, 3.05) is 18.5 Å². The van der Waals surface area contributed by atoms with Crippen LogP contribution in [0.5, 0.6) is 5.75 Å². The monoisotopic (exact) mass is 356 g/mol. The van der Waals surface area contributed by atoms with Crippen LogP contribution in [-0.2, 0) is 6.54 Å². The number of nitrogens with one attached hydrogen (secondary N) is 2. The maximum atomic E-state index is 11.9. The van der Waals surface area contributed by atoms with Crippen molar-refractivity contribution in [1.82, 2.24) is 15.1 Å². The van der Waals surface area contributed by atoms with Crippen LogP contribution in [0, 0.1) is 0 Å². The smallest absolute Gasteiger partial charge is 0.319 e. The molecule has 130 valence electrons. The van der Waals surface area contributed by atoms with Gasteiger partial charge in [-0.3, -0.25) is 4.68 Å². The molecule has 25 heavy (non-hydrogen) atoms. The molecular formula is C18H20N4O2S. The Morgan fingerprint density at radius 2 is 2.08 bits per heavy atom. The number of hydrogen-bond acceptors (Lipinski definition) is 4. The topological polar surface area (TPSA) is 68.2 Å². The molecule has 0 bridgehead atoms. The Bertz CT molecular complexity index is 797. The fourth-order valence-corrected chi connectivity index (χ4v) is 2.99. The van der Waals surface area contributed by atoms with E-state index in [4.69, 9.17) is 4.74 Å². The summed E-state index contributed by atoms with van der Waals surface area (Å²) in [7, 11) is 0. The van der Waals surface area contributed by atoms with Crippen LogP contribution in [-0.4, -0.2) is 29.0 Å². The molecule has 0 spiro atoms. The van der Waals surface area contributed by atoms with Crippen molar-refractivity contribution >= 4 is 23.1 Å². The molecule has 7 heteroatoms.